The number of nitrogens with zero attached hydrogens (tertiary/aromatic N) is 1. The molecule has 0 unspecified atom stereocenters. The highest BCUT2D eigenvalue weighted by Crippen LogP contribution is 2.28. The summed E-state index contributed by atoms with van der Waals surface area (Å²) in [6.07, 6.45) is 0. The summed E-state index contributed by atoms with van der Waals surface area (Å²) in [7, 11) is -2.27. The van der Waals surface area contributed by atoms with Crippen molar-refractivity contribution in [1.82, 2.24) is 0 Å². The van der Waals surface area contributed by atoms with Crippen LogP contribution in [0, 0.1) is 0 Å². The molecule has 3 rings (SSSR count). The van der Waals surface area contributed by atoms with Crippen LogP contribution in [0.25, 0.3) is 0 Å². The fraction of sp³-hybridized carbons (Fsp3) is 0.136. The Morgan fingerprint density at radius 1 is 1.03 bits per heavy atom. The first-order chi connectivity index (χ1) is 14.4. The Hall–Kier alpha value is -3.03. The Bertz CT molecular complexity index is 1130. The first-order valence-corrected chi connectivity index (χ1v) is 11.0. The molecule has 0 saturated heterocycles. The van der Waals surface area contributed by atoms with Gasteiger partial charge in [0.15, 0.2) is 0 Å². The summed E-state index contributed by atoms with van der Waals surface area (Å²) in [5.74, 6) is 0.0586. The molecule has 0 radical (unpaired) electrons. The molecule has 6 nitrogen and oxygen atoms in total. The second-order valence-corrected chi connectivity index (χ2v) is 8.63. The predicted molar refractivity (Wildman–Crippen MR) is 119 cm³/mol. The molecule has 156 valence electrons. The monoisotopic (exact) mass is 444 g/mol. The van der Waals surface area contributed by atoms with Gasteiger partial charge in [-0.3, -0.25) is 9.10 Å². The van der Waals surface area contributed by atoms with Crippen molar-refractivity contribution in [3.63, 3.8) is 0 Å². The topological polar surface area (TPSA) is 75.7 Å². The number of carbonyl (C=O) groups excluding carboxylic acids is 1. The van der Waals surface area contributed by atoms with Crippen LogP contribution in [-0.4, -0.2) is 28.0 Å². The third kappa shape index (κ3) is 4.58. The molecule has 0 spiro atoms. The molecule has 1 N–H and O–H groups in total. The maximum Gasteiger partial charge on any atom is 0.264 e. The SMILES string of the molecule is CCN(c1ccccc1)S(=O)(=O)c1ccc(C(=O)Nc2cc(Cl)ccc2OC)cc1. The van der Waals surface area contributed by atoms with Crippen LogP contribution in [0.2, 0.25) is 5.02 Å². The molecule has 0 aliphatic rings. The van der Waals surface area contributed by atoms with Gasteiger partial charge in [0.2, 0.25) is 0 Å². The third-order valence-corrected chi connectivity index (χ3v) is 6.60. The summed E-state index contributed by atoms with van der Waals surface area (Å²) >= 11 is 5.99. The number of rotatable bonds is 7. The number of nitrogens with one attached hydrogen (secondary N) is 1. The minimum absolute atomic E-state index is 0.102. The van der Waals surface area contributed by atoms with Crippen molar-refractivity contribution in [3.8, 4) is 5.75 Å². The Kier molecular flexibility index (Phi) is 6.64. The third-order valence-electron chi connectivity index (χ3n) is 4.45. The molecule has 0 fully saturated rings. The van der Waals surface area contributed by atoms with Crippen LogP contribution >= 0.6 is 11.6 Å². The van der Waals surface area contributed by atoms with Crippen LogP contribution in [0.4, 0.5) is 11.4 Å². The van der Waals surface area contributed by atoms with Crippen molar-refractivity contribution in [2.24, 2.45) is 0 Å². The van der Waals surface area contributed by atoms with E-state index in [1.165, 1.54) is 35.7 Å². The van der Waals surface area contributed by atoms with Crippen LogP contribution < -0.4 is 14.4 Å². The summed E-state index contributed by atoms with van der Waals surface area (Å²) in [5.41, 5.74) is 1.31. The lowest BCUT2D eigenvalue weighted by atomic mass is 10.2. The minimum Gasteiger partial charge on any atom is -0.495 e. The lowest BCUT2D eigenvalue weighted by Crippen LogP contribution is -2.30. The molecule has 0 heterocycles. The first kappa shape index (κ1) is 21.7. The molecular weight excluding hydrogens is 424 g/mol. The van der Waals surface area contributed by atoms with Crippen LogP contribution in [0.3, 0.4) is 0 Å². The van der Waals surface area contributed by atoms with Crippen molar-refractivity contribution < 1.29 is 17.9 Å². The number of anilines is 2. The zero-order valence-corrected chi connectivity index (χ0v) is 18.1. The van der Waals surface area contributed by atoms with Crippen molar-refractivity contribution in [2.75, 3.05) is 23.3 Å². The van der Waals surface area contributed by atoms with E-state index >= 15 is 0 Å². The van der Waals surface area contributed by atoms with E-state index in [9.17, 15) is 13.2 Å². The number of ether oxygens (including phenoxy) is 1. The number of hydrogen-bond donors (Lipinski definition) is 1. The lowest BCUT2D eigenvalue weighted by molar-refractivity contribution is 0.102. The standard InChI is InChI=1S/C22H21ClN2O4S/c1-3-25(18-7-5-4-6-8-18)30(27,28)19-12-9-16(10-13-19)22(26)24-20-15-17(23)11-14-21(20)29-2/h4-15H,3H2,1-2H3,(H,24,26). The van der Waals surface area contributed by atoms with E-state index in [-0.39, 0.29) is 11.4 Å². The van der Waals surface area contributed by atoms with E-state index in [1.54, 1.807) is 49.4 Å². The van der Waals surface area contributed by atoms with Gasteiger partial charge in [0, 0.05) is 17.1 Å². The molecular formula is C22H21ClN2O4S. The number of hydrogen-bond acceptors (Lipinski definition) is 4. The number of methoxy groups -OCH3 is 1. The van der Waals surface area contributed by atoms with E-state index in [1.807, 2.05) is 6.07 Å². The van der Waals surface area contributed by atoms with Gasteiger partial charge in [-0.25, -0.2) is 8.42 Å². The zero-order valence-electron chi connectivity index (χ0n) is 16.5. The number of para-hydroxylation sites is 1. The molecule has 30 heavy (non-hydrogen) atoms. The molecule has 0 aliphatic heterocycles. The Morgan fingerprint density at radius 3 is 2.30 bits per heavy atom. The minimum atomic E-state index is -3.76. The number of amides is 1. The van der Waals surface area contributed by atoms with Crippen LogP contribution in [0.5, 0.6) is 5.75 Å². The van der Waals surface area contributed by atoms with E-state index in [4.69, 9.17) is 16.3 Å². The second-order valence-electron chi connectivity index (χ2n) is 6.33. The van der Waals surface area contributed by atoms with Gasteiger partial charge in [0.25, 0.3) is 15.9 Å². The zero-order chi connectivity index (χ0) is 21.7. The van der Waals surface area contributed by atoms with Gasteiger partial charge >= 0.3 is 0 Å². The molecule has 0 aromatic heterocycles. The molecule has 0 atom stereocenters. The van der Waals surface area contributed by atoms with Gasteiger partial charge in [-0.2, -0.15) is 0 Å². The Morgan fingerprint density at radius 2 is 1.70 bits per heavy atom. The molecule has 0 bridgehead atoms. The molecule has 1 amide bonds. The van der Waals surface area contributed by atoms with Gasteiger partial charge in [-0.1, -0.05) is 29.8 Å². The summed E-state index contributed by atoms with van der Waals surface area (Å²) in [5, 5.41) is 3.18. The van der Waals surface area contributed by atoms with Gasteiger partial charge in [-0.05, 0) is 61.5 Å². The second kappa shape index (κ2) is 9.19. The van der Waals surface area contributed by atoms with Crippen LogP contribution in [-0.2, 0) is 10.0 Å². The summed E-state index contributed by atoms with van der Waals surface area (Å²) in [6, 6.07) is 19.5. The van der Waals surface area contributed by atoms with Gasteiger partial charge in [0.05, 0.1) is 23.4 Å². The van der Waals surface area contributed by atoms with E-state index in [0.717, 1.165) is 0 Å². The highest BCUT2D eigenvalue weighted by molar-refractivity contribution is 7.92. The molecule has 3 aromatic carbocycles. The highest BCUT2D eigenvalue weighted by Gasteiger charge is 2.23. The van der Waals surface area contributed by atoms with E-state index in [0.29, 0.717) is 27.7 Å². The Labute approximate surface area is 181 Å². The van der Waals surface area contributed by atoms with E-state index < -0.39 is 15.9 Å². The number of benzene rings is 3. The van der Waals surface area contributed by atoms with Crippen molar-refractivity contribution in [3.05, 3.63) is 83.4 Å². The van der Waals surface area contributed by atoms with E-state index in [2.05, 4.69) is 5.32 Å². The average Bonchev–Trinajstić information content (AvgIpc) is 2.75. The van der Waals surface area contributed by atoms with Crippen molar-refractivity contribution in [1.29, 1.82) is 0 Å². The summed E-state index contributed by atoms with van der Waals surface area (Å²) in [4.78, 5) is 12.7. The fourth-order valence-electron chi connectivity index (χ4n) is 2.96. The smallest absolute Gasteiger partial charge is 0.264 e. The molecule has 8 heteroatoms. The molecule has 0 saturated carbocycles. The van der Waals surface area contributed by atoms with Crippen LogP contribution in [0.15, 0.2) is 77.7 Å². The largest absolute Gasteiger partial charge is 0.495 e. The maximum absolute atomic E-state index is 13.1. The van der Waals surface area contributed by atoms with Gasteiger partial charge < -0.3 is 10.1 Å². The van der Waals surface area contributed by atoms with Gasteiger partial charge in [0.1, 0.15) is 5.75 Å². The fourth-order valence-corrected chi connectivity index (χ4v) is 4.61. The molecule has 0 aliphatic carbocycles. The van der Waals surface area contributed by atoms with Crippen molar-refractivity contribution >= 4 is 38.9 Å². The average molecular weight is 445 g/mol. The van der Waals surface area contributed by atoms with Gasteiger partial charge in [-0.15, -0.1) is 0 Å². The highest BCUT2D eigenvalue weighted by atomic mass is 35.5. The summed E-state index contributed by atoms with van der Waals surface area (Å²) in [6.45, 7) is 2.05. The lowest BCUT2D eigenvalue weighted by Gasteiger charge is -2.23. The number of halogens is 1. The van der Waals surface area contributed by atoms with Crippen LogP contribution in [0.1, 0.15) is 17.3 Å². The first-order valence-electron chi connectivity index (χ1n) is 9.19. The molecule has 3 aromatic rings. The van der Waals surface area contributed by atoms with Crippen molar-refractivity contribution in [2.45, 2.75) is 11.8 Å². The Balaban J connectivity index is 1.84. The quantitative estimate of drug-likeness (QED) is 0.567. The normalized spacial score (nSPS) is 11.0. The summed E-state index contributed by atoms with van der Waals surface area (Å²) < 4.78 is 32.6. The number of carbonyl (C=O) groups is 1. The number of sulfonamides is 1. The predicted octanol–water partition coefficient (Wildman–Crippen LogP) is 4.82. The maximum atomic E-state index is 13.1.